The standard InChI is InChI=1S/C15H11BrCl2N2O/c1-15(2)20-13(14-10(17)4-3-5-19-14)8-6-9(16)11(18)7-12(8)21-15/h3-7H,1-2H3. The Balaban J connectivity index is 2.27. The lowest BCUT2D eigenvalue weighted by atomic mass is 10.0. The van der Waals surface area contributed by atoms with E-state index in [0.717, 1.165) is 10.0 Å². The summed E-state index contributed by atoms with van der Waals surface area (Å²) in [5.41, 5.74) is 1.43. The van der Waals surface area contributed by atoms with Gasteiger partial charge in [-0.3, -0.25) is 4.98 Å². The molecule has 0 spiro atoms. The lowest BCUT2D eigenvalue weighted by Crippen LogP contribution is -2.32. The molecule has 0 amide bonds. The van der Waals surface area contributed by atoms with Gasteiger partial charge in [-0.2, -0.15) is 0 Å². The first-order valence-electron chi connectivity index (χ1n) is 6.26. The van der Waals surface area contributed by atoms with Gasteiger partial charge in [-0.05, 0) is 48.0 Å². The van der Waals surface area contributed by atoms with Crippen molar-refractivity contribution in [2.24, 2.45) is 4.99 Å². The van der Waals surface area contributed by atoms with E-state index in [2.05, 4.69) is 25.9 Å². The number of halogens is 3. The molecular formula is C15H11BrCl2N2O. The number of aromatic nitrogens is 1. The molecule has 6 heteroatoms. The van der Waals surface area contributed by atoms with Crippen LogP contribution in [-0.2, 0) is 0 Å². The summed E-state index contributed by atoms with van der Waals surface area (Å²) >= 11 is 15.8. The van der Waals surface area contributed by atoms with Crippen LogP contribution in [-0.4, -0.2) is 16.4 Å². The van der Waals surface area contributed by atoms with Gasteiger partial charge in [0.1, 0.15) is 17.2 Å². The molecule has 3 nitrogen and oxygen atoms in total. The van der Waals surface area contributed by atoms with Crippen LogP contribution in [0, 0.1) is 0 Å². The number of rotatable bonds is 1. The van der Waals surface area contributed by atoms with Crippen LogP contribution < -0.4 is 4.74 Å². The smallest absolute Gasteiger partial charge is 0.195 e. The predicted molar refractivity (Wildman–Crippen MR) is 88.7 cm³/mol. The van der Waals surface area contributed by atoms with E-state index in [-0.39, 0.29) is 0 Å². The van der Waals surface area contributed by atoms with Gasteiger partial charge in [0.15, 0.2) is 5.72 Å². The second-order valence-electron chi connectivity index (χ2n) is 5.11. The number of nitrogens with zero attached hydrogens (tertiary/aromatic N) is 2. The monoisotopic (exact) mass is 384 g/mol. The lowest BCUT2D eigenvalue weighted by Gasteiger charge is -2.30. The van der Waals surface area contributed by atoms with E-state index in [0.29, 0.717) is 27.2 Å². The highest BCUT2D eigenvalue weighted by molar-refractivity contribution is 9.10. The Kier molecular flexibility index (Phi) is 3.72. The number of hydrogen-bond donors (Lipinski definition) is 0. The van der Waals surface area contributed by atoms with Gasteiger partial charge >= 0.3 is 0 Å². The minimum Gasteiger partial charge on any atom is -0.466 e. The van der Waals surface area contributed by atoms with Crippen LogP contribution in [0.25, 0.3) is 0 Å². The molecule has 2 aromatic rings. The average molecular weight is 386 g/mol. The van der Waals surface area contributed by atoms with E-state index >= 15 is 0 Å². The Hall–Kier alpha value is -1.10. The Bertz CT molecular complexity index is 759. The van der Waals surface area contributed by atoms with Crippen LogP contribution in [0.1, 0.15) is 25.1 Å². The summed E-state index contributed by atoms with van der Waals surface area (Å²) in [6.45, 7) is 3.76. The highest BCUT2D eigenvalue weighted by atomic mass is 79.9. The van der Waals surface area contributed by atoms with E-state index in [9.17, 15) is 0 Å². The first-order valence-corrected chi connectivity index (χ1v) is 7.81. The summed E-state index contributed by atoms with van der Waals surface area (Å²) in [7, 11) is 0. The molecule has 0 fully saturated rings. The normalized spacial score (nSPS) is 16.0. The van der Waals surface area contributed by atoms with Gasteiger partial charge in [-0.15, -0.1) is 0 Å². The molecule has 3 rings (SSSR count). The van der Waals surface area contributed by atoms with Crippen molar-refractivity contribution in [2.45, 2.75) is 19.6 Å². The fourth-order valence-electron chi connectivity index (χ4n) is 2.16. The molecule has 21 heavy (non-hydrogen) atoms. The van der Waals surface area contributed by atoms with Gasteiger partial charge in [0.25, 0.3) is 0 Å². The van der Waals surface area contributed by atoms with Crippen LogP contribution in [0.2, 0.25) is 10.0 Å². The Morgan fingerprint density at radius 2 is 1.95 bits per heavy atom. The zero-order valence-electron chi connectivity index (χ0n) is 11.3. The second-order valence-corrected chi connectivity index (χ2v) is 6.77. The zero-order chi connectivity index (χ0) is 15.2. The fraction of sp³-hybridized carbons (Fsp3) is 0.200. The Labute approximate surface area is 141 Å². The van der Waals surface area contributed by atoms with Gasteiger partial charge < -0.3 is 4.74 Å². The van der Waals surface area contributed by atoms with Crippen molar-refractivity contribution in [3.05, 3.63) is 56.2 Å². The minimum absolute atomic E-state index is 0.547. The molecule has 0 N–H and O–H groups in total. The van der Waals surface area contributed by atoms with Crippen LogP contribution in [0.3, 0.4) is 0 Å². The van der Waals surface area contributed by atoms with Crippen molar-refractivity contribution < 1.29 is 4.74 Å². The predicted octanol–water partition coefficient (Wildman–Crippen LogP) is 5.12. The summed E-state index contributed by atoms with van der Waals surface area (Å²) in [6.07, 6.45) is 1.69. The van der Waals surface area contributed by atoms with Crippen molar-refractivity contribution in [3.63, 3.8) is 0 Å². The molecule has 2 heterocycles. The van der Waals surface area contributed by atoms with Crippen molar-refractivity contribution >= 4 is 44.8 Å². The van der Waals surface area contributed by atoms with Gasteiger partial charge in [-0.25, -0.2) is 4.99 Å². The van der Waals surface area contributed by atoms with Crippen LogP contribution in [0.4, 0.5) is 0 Å². The second kappa shape index (κ2) is 5.27. The van der Waals surface area contributed by atoms with Crippen molar-refractivity contribution in [3.8, 4) is 5.75 Å². The molecule has 1 aromatic heterocycles. The maximum Gasteiger partial charge on any atom is 0.195 e. The zero-order valence-corrected chi connectivity index (χ0v) is 14.4. The summed E-state index contributed by atoms with van der Waals surface area (Å²) < 4.78 is 6.65. The number of aliphatic imine (C=N–C) groups is 1. The van der Waals surface area contributed by atoms with Gasteiger partial charge in [-0.1, -0.05) is 23.2 Å². The molecule has 0 saturated heterocycles. The number of fused-ring (bicyclic) bond motifs is 1. The van der Waals surface area contributed by atoms with E-state index < -0.39 is 5.72 Å². The summed E-state index contributed by atoms with van der Waals surface area (Å²) in [5, 5.41) is 1.13. The van der Waals surface area contributed by atoms with Crippen LogP contribution >= 0.6 is 39.1 Å². The Morgan fingerprint density at radius 3 is 2.67 bits per heavy atom. The molecule has 0 radical (unpaired) electrons. The molecule has 1 aliphatic rings. The molecule has 0 unspecified atom stereocenters. The van der Waals surface area contributed by atoms with E-state index in [1.165, 1.54) is 0 Å². The van der Waals surface area contributed by atoms with E-state index in [4.69, 9.17) is 27.9 Å². The topological polar surface area (TPSA) is 34.5 Å². The first-order chi connectivity index (χ1) is 9.87. The molecule has 1 aliphatic heterocycles. The number of ether oxygens (including phenoxy) is 1. The van der Waals surface area contributed by atoms with Gasteiger partial charge in [0.2, 0.25) is 0 Å². The SMILES string of the molecule is CC1(C)N=C(c2ncccc2Cl)c2cc(Br)c(Cl)cc2O1. The van der Waals surface area contributed by atoms with Crippen LogP contribution in [0.5, 0.6) is 5.75 Å². The molecule has 0 atom stereocenters. The molecule has 0 saturated carbocycles. The summed E-state index contributed by atoms with van der Waals surface area (Å²) in [5.74, 6) is 0.667. The first kappa shape index (κ1) is 14.8. The number of pyridine rings is 1. The largest absolute Gasteiger partial charge is 0.466 e. The van der Waals surface area contributed by atoms with Gasteiger partial charge in [0.05, 0.1) is 10.0 Å². The maximum atomic E-state index is 6.27. The number of hydrogen-bond acceptors (Lipinski definition) is 3. The third-order valence-electron chi connectivity index (χ3n) is 3.00. The van der Waals surface area contributed by atoms with E-state index in [1.807, 2.05) is 19.9 Å². The van der Waals surface area contributed by atoms with Crippen molar-refractivity contribution in [2.75, 3.05) is 0 Å². The molecule has 108 valence electrons. The summed E-state index contributed by atoms with van der Waals surface area (Å²) in [4.78, 5) is 8.99. The number of benzene rings is 1. The van der Waals surface area contributed by atoms with E-state index in [1.54, 1.807) is 24.4 Å². The fourth-order valence-corrected chi connectivity index (χ4v) is 2.87. The van der Waals surface area contributed by atoms with Crippen molar-refractivity contribution in [1.29, 1.82) is 0 Å². The third kappa shape index (κ3) is 2.80. The Morgan fingerprint density at radius 1 is 1.19 bits per heavy atom. The highest BCUT2D eigenvalue weighted by Gasteiger charge is 2.30. The molecule has 1 aromatic carbocycles. The molecule has 0 bridgehead atoms. The summed E-state index contributed by atoms with van der Waals surface area (Å²) in [6, 6.07) is 7.22. The van der Waals surface area contributed by atoms with Crippen molar-refractivity contribution in [1.82, 2.24) is 4.98 Å². The maximum absolute atomic E-state index is 6.27. The highest BCUT2D eigenvalue weighted by Crippen LogP contribution is 2.38. The quantitative estimate of drug-likeness (QED) is 0.682. The third-order valence-corrected chi connectivity index (χ3v) is 4.50. The molecule has 0 aliphatic carbocycles. The van der Waals surface area contributed by atoms with Gasteiger partial charge in [0, 0.05) is 22.3 Å². The molecular weight excluding hydrogens is 375 g/mol. The minimum atomic E-state index is -0.708. The van der Waals surface area contributed by atoms with Crippen LogP contribution in [0.15, 0.2) is 39.9 Å². The average Bonchev–Trinajstić information content (AvgIpc) is 2.40. The lowest BCUT2D eigenvalue weighted by molar-refractivity contribution is 0.115.